The molecule has 2 heterocycles. The number of esters is 1. The molecule has 0 aliphatic heterocycles. The molecular formula is C22H24N2O5. The maximum atomic E-state index is 12.1. The smallest absolute Gasteiger partial charge is 0.306 e. The number of pyridine rings is 1. The molecule has 0 fully saturated rings. The summed E-state index contributed by atoms with van der Waals surface area (Å²) in [6, 6.07) is 12.4. The van der Waals surface area contributed by atoms with Gasteiger partial charge in [-0.15, -0.1) is 0 Å². The van der Waals surface area contributed by atoms with E-state index in [0.717, 1.165) is 5.56 Å². The Hall–Kier alpha value is -3.35. The predicted molar refractivity (Wildman–Crippen MR) is 108 cm³/mol. The molecule has 3 aromatic rings. The number of hydrogen-bond donors (Lipinski definition) is 0. The average molecular weight is 396 g/mol. The first-order valence-corrected chi connectivity index (χ1v) is 9.56. The minimum Gasteiger partial charge on any atom is -0.490 e. The van der Waals surface area contributed by atoms with Gasteiger partial charge in [-0.05, 0) is 50.1 Å². The lowest BCUT2D eigenvalue weighted by Gasteiger charge is -2.11. The number of benzene rings is 1. The molecule has 1 aromatic carbocycles. The van der Waals surface area contributed by atoms with Crippen molar-refractivity contribution in [3.8, 4) is 11.5 Å². The van der Waals surface area contributed by atoms with Crippen molar-refractivity contribution >= 4 is 11.6 Å². The number of hydrogen-bond acceptors (Lipinski definition) is 6. The van der Waals surface area contributed by atoms with E-state index in [4.69, 9.17) is 14.2 Å². The number of carbonyl (C=O) groups is 1. The first-order valence-electron chi connectivity index (χ1n) is 9.56. The van der Waals surface area contributed by atoms with Crippen LogP contribution in [0.2, 0.25) is 0 Å². The molecule has 0 saturated carbocycles. The van der Waals surface area contributed by atoms with Crippen LogP contribution in [0.4, 0.5) is 0 Å². The molecule has 0 N–H and O–H groups in total. The van der Waals surface area contributed by atoms with Gasteiger partial charge in [-0.2, -0.15) is 0 Å². The zero-order valence-electron chi connectivity index (χ0n) is 16.6. The number of aromatic nitrogens is 2. The van der Waals surface area contributed by atoms with Crippen LogP contribution in [0.25, 0.3) is 5.65 Å². The summed E-state index contributed by atoms with van der Waals surface area (Å²) in [6.07, 6.45) is 2.40. The van der Waals surface area contributed by atoms with Gasteiger partial charge in [-0.1, -0.05) is 12.1 Å². The van der Waals surface area contributed by atoms with Crippen LogP contribution in [0.1, 0.15) is 31.0 Å². The average Bonchev–Trinajstić information content (AvgIpc) is 2.70. The van der Waals surface area contributed by atoms with Crippen LogP contribution in [0, 0.1) is 6.92 Å². The maximum absolute atomic E-state index is 12.1. The van der Waals surface area contributed by atoms with Crippen LogP contribution >= 0.6 is 0 Å². The van der Waals surface area contributed by atoms with Crippen molar-refractivity contribution in [2.45, 2.75) is 33.3 Å². The monoisotopic (exact) mass is 396 g/mol. The number of ether oxygens (including phenoxy) is 3. The first kappa shape index (κ1) is 20.4. The quantitative estimate of drug-likeness (QED) is 0.408. The second kappa shape index (κ2) is 9.73. The molecule has 29 heavy (non-hydrogen) atoms. The van der Waals surface area contributed by atoms with E-state index in [9.17, 15) is 9.59 Å². The fraction of sp³-hybridized carbons (Fsp3) is 0.318. The topological polar surface area (TPSA) is 79.1 Å². The van der Waals surface area contributed by atoms with Gasteiger partial charge in [0.25, 0.3) is 5.56 Å². The van der Waals surface area contributed by atoms with Gasteiger partial charge in [0, 0.05) is 18.7 Å². The van der Waals surface area contributed by atoms with E-state index in [1.165, 1.54) is 10.5 Å². The molecule has 3 rings (SSSR count). The Morgan fingerprint density at radius 2 is 1.86 bits per heavy atom. The molecule has 0 radical (unpaired) electrons. The lowest BCUT2D eigenvalue weighted by molar-refractivity contribution is -0.145. The Balaban J connectivity index is 1.47. The normalized spacial score (nSPS) is 10.7. The van der Waals surface area contributed by atoms with Crippen LogP contribution < -0.4 is 15.0 Å². The van der Waals surface area contributed by atoms with Gasteiger partial charge in [0.05, 0.1) is 18.9 Å². The van der Waals surface area contributed by atoms with Crippen LogP contribution in [-0.4, -0.2) is 28.6 Å². The number of nitrogens with zero attached hydrogens (tertiary/aromatic N) is 2. The summed E-state index contributed by atoms with van der Waals surface area (Å²) in [4.78, 5) is 28.5. The standard InChI is InChI=1S/C22H24N2O5/c1-3-27-18-7-4-5-8-19(18)28-12-6-9-22(26)29-15-17-14-21(25)24-11-10-16(2)13-20(24)23-17/h4-5,7-8,10-11,13-14H,3,6,9,12,15H2,1-2H3. The molecule has 0 unspecified atom stereocenters. The van der Waals surface area contributed by atoms with E-state index in [1.54, 1.807) is 6.20 Å². The van der Waals surface area contributed by atoms with Crippen molar-refractivity contribution in [1.29, 1.82) is 0 Å². The van der Waals surface area contributed by atoms with E-state index in [1.807, 2.05) is 50.2 Å². The molecule has 0 aliphatic carbocycles. The highest BCUT2D eigenvalue weighted by molar-refractivity contribution is 5.69. The number of para-hydroxylation sites is 2. The largest absolute Gasteiger partial charge is 0.490 e. The molecule has 0 atom stereocenters. The van der Waals surface area contributed by atoms with Gasteiger partial charge >= 0.3 is 5.97 Å². The number of rotatable bonds is 9. The lowest BCUT2D eigenvalue weighted by atomic mass is 10.3. The predicted octanol–water partition coefficient (Wildman–Crippen LogP) is 3.30. The summed E-state index contributed by atoms with van der Waals surface area (Å²) >= 11 is 0. The highest BCUT2D eigenvalue weighted by atomic mass is 16.5. The second-order valence-electron chi connectivity index (χ2n) is 6.51. The third kappa shape index (κ3) is 5.57. The van der Waals surface area contributed by atoms with Gasteiger partial charge < -0.3 is 14.2 Å². The van der Waals surface area contributed by atoms with E-state index < -0.39 is 0 Å². The molecule has 0 bridgehead atoms. The number of carbonyl (C=O) groups excluding carboxylic acids is 1. The van der Waals surface area contributed by atoms with E-state index in [0.29, 0.717) is 42.5 Å². The van der Waals surface area contributed by atoms with Gasteiger partial charge in [-0.3, -0.25) is 14.0 Å². The first-order chi connectivity index (χ1) is 14.1. The minimum absolute atomic E-state index is 0.0352. The fourth-order valence-electron chi connectivity index (χ4n) is 2.80. The Labute approximate surface area is 168 Å². The summed E-state index contributed by atoms with van der Waals surface area (Å²) in [5, 5.41) is 0. The Bertz CT molecular complexity index is 1040. The highest BCUT2D eigenvalue weighted by Crippen LogP contribution is 2.26. The highest BCUT2D eigenvalue weighted by Gasteiger charge is 2.08. The molecule has 0 aliphatic rings. The van der Waals surface area contributed by atoms with E-state index in [-0.39, 0.29) is 24.6 Å². The SMILES string of the molecule is CCOc1ccccc1OCCCC(=O)OCc1cc(=O)n2ccc(C)cc2n1. The Kier molecular flexibility index (Phi) is 6.84. The fourth-order valence-corrected chi connectivity index (χ4v) is 2.80. The van der Waals surface area contributed by atoms with Crippen LogP contribution in [-0.2, 0) is 16.1 Å². The van der Waals surface area contributed by atoms with Gasteiger partial charge in [0.1, 0.15) is 12.3 Å². The molecule has 7 heteroatoms. The van der Waals surface area contributed by atoms with Crippen molar-refractivity contribution in [3.05, 3.63) is 70.3 Å². The molecule has 0 amide bonds. The van der Waals surface area contributed by atoms with Crippen molar-refractivity contribution in [2.75, 3.05) is 13.2 Å². The zero-order chi connectivity index (χ0) is 20.6. The summed E-state index contributed by atoms with van der Waals surface area (Å²) in [5.41, 5.74) is 1.75. The molecule has 0 saturated heterocycles. The van der Waals surface area contributed by atoms with Gasteiger partial charge in [-0.25, -0.2) is 4.98 Å². The minimum atomic E-state index is -0.363. The second-order valence-corrected chi connectivity index (χ2v) is 6.51. The summed E-state index contributed by atoms with van der Waals surface area (Å²) in [7, 11) is 0. The van der Waals surface area contributed by atoms with Gasteiger partial charge in [0.15, 0.2) is 11.5 Å². The number of aryl methyl sites for hydroxylation is 1. The van der Waals surface area contributed by atoms with Crippen molar-refractivity contribution in [1.82, 2.24) is 9.38 Å². The van der Waals surface area contributed by atoms with Crippen molar-refractivity contribution in [3.63, 3.8) is 0 Å². The Morgan fingerprint density at radius 3 is 2.62 bits per heavy atom. The third-order valence-electron chi connectivity index (χ3n) is 4.19. The van der Waals surface area contributed by atoms with Crippen LogP contribution in [0.3, 0.4) is 0 Å². The van der Waals surface area contributed by atoms with Crippen LogP contribution in [0.5, 0.6) is 11.5 Å². The van der Waals surface area contributed by atoms with Crippen molar-refractivity contribution < 1.29 is 19.0 Å². The van der Waals surface area contributed by atoms with E-state index in [2.05, 4.69) is 4.98 Å². The summed E-state index contributed by atoms with van der Waals surface area (Å²) in [6.45, 7) is 4.72. The maximum Gasteiger partial charge on any atom is 0.306 e. The lowest BCUT2D eigenvalue weighted by Crippen LogP contribution is -2.16. The van der Waals surface area contributed by atoms with Crippen molar-refractivity contribution in [2.24, 2.45) is 0 Å². The molecular weight excluding hydrogens is 372 g/mol. The number of fused-ring (bicyclic) bond motifs is 1. The van der Waals surface area contributed by atoms with Crippen LogP contribution in [0.15, 0.2) is 53.5 Å². The zero-order valence-corrected chi connectivity index (χ0v) is 16.6. The Morgan fingerprint density at radius 1 is 1.10 bits per heavy atom. The molecule has 0 spiro atoms. The molecule has 2 aromatic heterocycles. The third-order valence-corrected chi connectivity index (χ3v) is 4.19. The molecule has 152 valence electrons. The summed E-state index contributed by atoms with van der Waals surface area (Å²) < 4.78 is 17.9. The molecule has 7 nitrogen and oxygen atoms in total. The van der Waals surface area contributed by atoms with Gasteiger partial charge in [0.2, 0.25) is 0 Å². The summed E-state index contributed by atoms with van der Waals surface area (Å²) in [5.74, 6) is 0.971. The van der Waals surface area contributed by atoms with E-state index >= 15 is 0 Å².